The van der Waals surface area contributed by atoms with Crippen LogP contribution in [0.4, 0.5) is 16.2 Å². The number of phenolic OH excluding ortho intramolecular Hbond substituents is 1. The summed E-state index contributed by atoms with van der Waals surface area (Å²) >= 11 is 0. The van der Waals surface area contributed by atoms with Crippen molar-refractivity contribution in [3.05, 3.63) is 89.1 Å². The van der Waals surface area contributed by atoms with E-state index >= 15 is 0 Å². The second-order valence-electron chi connectivity index (χ2n) is 9.19. The van der Waals surface area contributed by atoms with Gasteiger partial charge in [-0.15, -0.1) is 0 Å². The molecular weight excluding hydrogens is 556 g/mol. The SMILES string of the molecule is CCOc1cc([C@H]2NC(=O)NC(C)=C2C(=O)OC)ccc1OC[C@@H](O)N/N=C\c1cc(N=Nc2ccccc2)ccc1O. The number of phenols is 1. The summed E-state index contributed by atoms with van der Waals surface area (Å²) in [4.78, 5) is 24.6. The zero-order chi connectivity index (χ0) is 30.8. The zero-order valence-corrected chi connectivity index (χ0v) is 23.8. The van der Waals surface area contributed by atoms with Gasteiger partial charge in [0.05, 0.1) is 42.9 Å². The number of hydrogen-bond donors (Lipinski definition) is 5. The number of carbonyl (C=O) groups is 2. The molecule has 0 saturated carbocycles. The van der Waals surface area contributed by atoms with Crippen molar-refractivity contribution in [3.8, 4) is 17.2 Å². The van der Waals surface area contributed by atoms with Crippen LogP contribution in [0.5, 0.6) is 17.2 Å². The third-order valence-electron chi connectivity index (χ3n) is 6.15. The smallest absolute Gasteiger partial charge is 0.337 e. The highest BCUT2D eigenvalue weighted by molar-refractivity contribution is 5.95. The van der Waals surface area contributed by atoms with Crippen LogP contribution >= 0.6 is 0 Å². The predicted molar refractivity (Wildman–Crippen MR) is 158 cm³/mol. The van der Waals surface area contributed by atoms with E-state index in [9.17, 15) is 19.8 Å². The van der Waals surface area contributed by atoms with Crippen LogP contribution in [0.15, 0.2) is 93.3 Å². The molecule has 0 spiro atoms. The summed E-state index contributed by atoms with van der Waals surface area (Å²) in [6.45, 7) is 3.52. The van der Waals surface area contributed by atoms with Crippen LogP contribution in [0, 0.1) is 0 Å². The number of aliphatic hydroxyl groups is 1. The van der Waals surface area contributed by atoms with E-state index in [1.165, 1.54) is 19.4 Å². The van der Waals surface area contributed by atoms with E-state index in [-0.39, 0.29) is 17.9 Å². The quantitative estimate of drug-likeness (QED) is 0.0683. The van der Waals surface area contributed by atoms with Gasteiger partial charge in [0.2, 0.25) is 0 Å². The van der Waals surface area contributed by atoms with Crippen molar-refractivity contribution in [1.29, 1.82) is 0 Å². The number of nitrogens with one attached hydrogen (secondary N) is 3. The van der Waals surface area contributed by atoms with Crippen LogP contribution in [0.25, 0.3) is 0 Å². The van der Waals surface area contributed by atoms with Gasteiger partial charge in [-0.2, -0.15) is 15.3 Å². The molecule has 43 heavy (non-hydrogen) atoms. The molecule has 0 bridgehead atoms. The number of hydrazone groups is 1. The Morgan fingerprint density at radius 1 is 1.05 bits per heavy atom. The number of allylic oxidation sites excluding steroid dienone is 1. The van der Waals surface area contributed by atoms with Crippen molar-refractivity contribution in [2.45, 2.75) is 26.1 Å². The first-order valence-electron chi connectivity index (χ1n) is 13.3. The number of carbonyl (C=O) groups excluding carboxylic acids is 2. The maximum atomic E-state index is 12.4. The molecule has 1 heterocycles. The molecule has 5 N–H and O–H groups in total. The Kier molecular flexibility index (Phi) is 10.3. The highest BCUT2D eigenvalue weighted by atomic mass is 16.5. The third kappa shape index (κ3) is 8.07. The number of urea groups is 1. The minimum atomic E-state index is -1.21. The lowest BCUT2D eigenvalue weighted by Crippen LogP contribution is -2.45. The lowest BCUT2D eigenvalue weighted by atomic mass is 9.95. The van der Waals surface area contributed by atoms with Crippen LogP contribution in [0.3, 0.4) is 0 Å². The summed E-state index contributed by atoms with van der Waals surface area (Å²) in [6.07, 6.45) is 0.121. The fourth-order valence-electron chi connectivity index (χ4n) is 4.13. The van der Waals surface area contributed by atoms with Gasteiger partial charge in [0, 0.05) is 11.3 Å². The van der Waals surface area contributed by atoms with Crippen LogP contribution in [-0.4, -0.2) is 55.0 Å². The summed E-state index contributed by atoms with van der Waals surface area (Å²) in [6, 6.07) is 17.6. The van der Waals surface area contributed by atoms with E-state index in [0.29, 0.717) is 46.3 Å². The van der Waals surface area contributed by atoms with E-state index in [4.69, 9.17) is 14.2 Å². The summed E-state index contributed by atoms with van der Waals surface area (Å²) in [5.41, 5.74) is 5.30. The molecule has 0 aliphatic carbocycles. The molecule has 4 rings (SSSR count). The fourth-order valence-corrected chi connectivity index (χ4v) is 4.13. The van der Waals surface area contributed by atoms with E-state index < -0.39 is 24.3 Å². The number of nitrogens with zero attached hydrogens (tertiary/aromatic N) is 3. The van der Waals surface area contributed by atoms with Gasteiger partial charge in [0.1, 0.15) is 12.4 Å². The number of benzene rings is 3. The number of rotatable bonds is 12. The number of aromatic hydroxyl groups is 1. The molecule has 0 radical (unpaired) electrons. The van der Waals surface area contributed by atoms with Crippen molar-refractivity contribution in [1.82, 2.24) is 16.1 Å². The molecule has 2 atom stereocenters. The molecule has 0 unspecified atom stereocenters. The Hall–Kier alpha value is -5.43. The van der Waals surface area contributed by atoms with E-state index in [1.807, 2.05) is 30.3 Å². The molecule has 0 aromatic heterocycles. The molecule has 3 aromatic rings. The highest BCUT2D eigenvalue weighted by Gasteiger charge is 2.32. The average Bonchev–Trinajstić information content (AvgIpc) is 3.00. The minimum absolute atomic E-state index is 0.0262. The Labute approximate surface area is 247 Å². The fraction of sp³-hybridized carbons (Fsp3) is 0.233. The number of esters is 1. The number of amides is 2. The van der Waals surface area contributed by atoms with E-state index in [2.05, 4.69) is 31.4 Å². The highest BCUT2D eigenvalue weighted by Crippen LogP contribution is 2.35. The lowest BCUT2D eigenvalue weighted by Gasteiger charge is -2.28. The molecule has 13 nitrogen and oxygen atoms in total. The topological polar surface area (TPSA) is 175 Å². The van der Waals surface area contributed by atoms with Crippen LogP contribution in [0.1, 0.15) is 31.0 Å². The average molecular weight is 589 g/mol. The van der Waals surface area contributed by atoms with Gasteiger partial charge in [0.25, 0.3) is 0 Å². The van der Waals surface area contributed by atoms with Crippen LogP contribution < -0.4 is 25.5 Å². The minimum Gasteiger partial charge on any atom is -0.507 e. The second kappa shape index (κ2) is 14.5. The standard InChI is InChI=1S/C30H32N6O7/c1-4-42-25-15-19(28-27(29(39)41-3)18(2)32-30(40)33-28)10-13-24(25)43-17-26(38)36-31-16-20-14-22(11-12-23(20)37)35-34-21-8-6-5-7-9-21/h5-16,26,28,36-38H,4,17H2,1-3H3,(H2,32,33,40)/b31-16-,35-34?/t26-,28-/m1/s1. The zero-order valence-electron chi connectivity index (χ0n) is 23.8. The van der Waals surface area contributed by atoms with Crippen molar-refractivity contribution < 1.29 is 34.0 Å². The maximum Gasteiger partial charge on any atom is 0.337 e. The number of aliphatic hydroxyl groups excluding tert-OH is 1. The summed E-state index contributed by atoms with van der Waals surface area (Å²) in [7, 11) is 1.26. The van der Waals surface area contributed by atoms with E-state index in [1.54, 1.807) is 44.2 Å². The molecule has 13 heteroatoms. The Morgan fingerprint density at radius 3 is 2.56 bits per heavy atom. The predicted octanol–water partition coefficient (Wildman–Crippen LogP) is 4.33. The largest absolute Gasteiger partial charge is 0.507 e. The molecule has 1 aliphatic heterocycles. The molecule has 2 amide bonds. The number of hydrogen-bond acceptors (Lipinski definition) is 11. The normalized spacial score (nSPS) is 15.6. The lowest BCUT2D eigenvalue weighted by molar-refractivity contribution is -0.136. The monoisotopic (exact) mass is 588 g/mol. The second-order valence-corrected chi connectivity index (χ2v) is 9.19. The first kappa shape index (κ1) is 30.5. The molecule has 224 valence electrons. The van der Waals surface area contributed by atoms with Gasteiger partial charge < -0.3 is 35.1 Å². The maximum absolute atomic E-state index is 12.4. The van der Waals surface area contributed by atoms with Crippen molar-refractivity contribution in [3.63, 3.8) is 0 Å². The van der Waals surface area contributed by atoms with Gasteiger partial charge in [-0.25, -0.2) is 9.59 Å². The molecule has 0 saturated heterocycles. The first-order chi connectivity index (χ1) is 20.8. The van der Waals surface area contributed by atoms with Crippen molar-refractivity contribution in [2.75, 3.05) is 20.3 Å². The van der Waals surface area contributed by atoms with Crippen LogP contribution in [-0.2, 0) is 9.53 Å². The van der Waals surface area contributed by atoms with Crippen molar-refractivity contribution in [2.24, 2.45) is 15.3 Å². The number of methoxy groups -OCH3 is 1. The van der Waals surface area contributed by atoms with Gasteiger partial charge in [-0.3, -0.25) is 5.43 Å². The summed E-state index contributed by atoms with van der Waals surface area (Å²) < 4.78 is 16.4. The summed E-state index contributed by atoms with van der Waals surface area (Å²) in [5, 5.41) is 38.2. The molecule has 3 aromatic carbocycles. The third-order valence-corrected chi connectivity index (χ3v) is 6.15. The Balaban J connectivity index is 1.40. The van der Waals surface area contributed by atoms with Gasteiger partial charge in [-0.05, 0) is 61.9 Å². The Morgan fingerprint density at radius 2 is 1.81 bits per heavy atom. The first-order valence-corrected chi connectivity index (χ1v) is 13.3. The van der Waals surface area contributed by atoms with Crippen LogP contribution in [0.2, 0.25) is 0 Å². The van der Waals surface area contributed by atoms with E-state index in [0.717, 1.165) is 0 Å². The van der Waals surface area contributed by atoms with Gasteiger partial charge in [0.15, 0.2) is 17.7 Å². The van der Waals surface area contributed by atoms with Crippen molar-refractivity contribution >= 4 is 29.6 Å². The summed E-state index contributed by atoms with van der Waals surface area (Å²) in [5.74, 6) is 0.0586. The molecular formula is C30H32N6O7. The number of ether oxygens (including phenoxy) is 3. The van der Waals surface area contributed by atoms with Gasteiger partial charge in [-0.1, -0.05) is 24.3 Å². The van der Waals surface area contributed by atoms with Gasteiger partial charge >= 0.3 is 12.0 Å². The molecule has 1 aliphatic rings. The molecule has 0 fully saturated rings. The number of azo groups is 1. The Bertz CT molecular complexity index is 1540.